The van der Waals surface area contributed by atoms with E-state index in [4.69, 9.17) is 16.3 Å². The zero-order chi connectivity index (χ0) is 22.4. The lowest BCUT2D eigenvalue weighted by molar-refractivity contribution is 0.00723. The van der Waals surface area contributed by atoms with E-state index < -0.39 is 23.3 Å². The Morgan fingerprint density at radius 1 is 1.19 bits per heavy atom. The van der Waals surface area contributed by atoms with Gasteiger partial charge in [-0.1, -0.05) is 11.6 Å². The molecule has 3 aromatic rings. The molecule has 0 spiro atoms. The Bertz CT molecular complexity index is 1160. The molecule has 0 radical (unpaired) electrons. The normalized spacial score (nSPS) is 18.1. The highest BCUT2D eigenvalue weighted by Crippen LogP contribution is 2.43. The number of anilines is 2. The molecule has 8 nitrogen and oxygen atoms in total. The molecule has 31 heavy (non-hydrogen) atoms. The SMILES string of the molecule is COC(=O)c1ncc2c(n1)N(c1ccc(Cl)cc1)NC2(C)c1ccnc(C(C)(F)F)n1. The van der Waals surface area contributed by atoms with Crippen LogP contribution in [0.25, 0.3) is 0 Å². The minimum Gasteiger partial charge on any atom is -0.463 e. The predicted octanol–water partition coefficient (Wildman–Crippen LogP) is 3.74. The van der Waals surface area contributed by atoms with Crippen LogP contribution >= 0.6 is 11.6 Å². The minimum atomic E-state index is -3.21. The maximum atomic E-state index is 13.9. The summed E-state index contributed by atoms with van der Waals surface area (Å²) in [6.45, 7) is 2.49. The van der Waals surface area contributed by atoms with Gasteiger partial charge in [0.15, 0.2) is 11.6 Å². The van der Waals surface area contributed by atoms with Gasteiger partial charge in [-0.2, -0.15) is 8.78 Å². The molecule has 1 unspecified atom stereocenters. The van der Waals surface area contributed by atoms with Gasteiger partial charge < -0.3 is 4.74 Å². The van der Waals surface area contributed by atoms with Crippen molar-refractivity contribution in [3.63, 3.8) is 0 Å². The molecule has 160 valence electrons. The van der Waals surface area contributed by atoms with E-state index in [1.54, 1.807) is 36.2 Å². The summed E-state index contributed by atoms with van der Waals surface area (Å²) in [6, 6.07) is 8.41. The molecule has 1 aliphatic rings. The zero-order valence-electron chi connectivity index (χ0n) is 16.7. The molecule has 0 amide bonds. The number of methoxy groups -OCH3 is 1. The summed E-state index contributed by atoms with van der Waals surface area (Å²) in [5.41, 5.74) is 3.62. The molecule has 0 saturated carbocycles. The summed E-state index contributed by atoms with van der Waals surface area (Å²) in [5.74, 6) is -4.32. The van der Waals surface area contributed by atoms with Crippen LogP contribution in [0.15, 0.2) is 42.7 Å². The van der Waals surface area contributed by atoms with E-state index in [0.29, 0.717) is 22.1 Å². The number of rotatable bonds is 4. The lowest BCUT2D eigenvalue weighted by atomic mass is 9.91. The molecule has 3 heterocycles. The van der Waals surface area contributed by atoms with Crippen LogP contribution in [0.2, 0.25) is 5.02 Å². The number of ether oxygens (including phenoxy) is 1. The van der Waals surface area contributed by atoms with Crippen LogP contribution in [0.1, 0.15) is 41.5 Å². The van der Waals surface area contributed by atoms with E-state index in [2.05, 4.69) is 25.4 Å². The summed E-state index contributed by atoms with van der Waals surface area (Å²) in [5, 5.41) is 2.15. The highest BCUT2D eigenvalue weighted by molar-refractivity contribution is 6.30. The van der Waals surface area contributed by atoms with Gasteiger partial charge in [0, 0.05) is 29.9 Å². The van der Waals surface area contributed by atoms with Crippen LogP contribution < -0.4 is 10.4 Å². The van der Waals surface area contributed by atoms with Crippen molar-refractivity contribution in [2.45, 2.75) is 25.3 Å². The average molecular weight is 447 g/mol. The minimum absolute atomic E-state index is 0.144. The Hall–Kier alpha value is -3.24. The summed E-state index contributed by atoms with van der Waals surface area (Å²) in [6.07, 6.45) is 2.72. The van der Waals surface area contributed by atoms with Gasteiger partial charge in [0.1, 0.15) is 5.54 Å². The molecule has 1 atom stereocenters. The number of nitrogens with zero attached hydrogens (tertiary/aromatic N) is 5. The molecule has 0 bridgehead atoms. The fraction of sp³-hybridized carbons (Fsp3) is 0.250. The third kappa shape index (κ3) is 3.68. The standard InChI is InChI=1S/C20H17ClF2N6O2/c1-19(14-8-9-24-18(26-14)20(2,22)23)13-10-25-15(17(30)31-3)27-16(13)29(28-19)12-6-4-11(21)5-7-12/h4-10,28H,1-3H3. The van der Waals surface area contributed by atoms with Crippen molar-refractivity contribution >= 4 is 29.1 Å². The number of hydrogen-bond acceptors (Lipinski definition) is 8. The topological polar surface area (TPSA) is 93.1 Å². The Balaban J connectivity index is 1.88. The number of halogens is 3. The number of esters is 1. The summed E-state index contributed by atoms with van der Waals surface area (Å²) < 4.78 is 32.4. The Morgan fingerprint density at radius 3 is 2.55 bits per heavy atom. The third-order valence-corrected chi connectivity index (χ3v) is 5.12. The highest BCUT2D eigenvalue weighted by Gasteiger charge is 2.45. The molecule has 0 fully saturated rings. The fourth-order valence-electron chi connectivity index (χ4n) is 3.24. The van der Waals surface area contributed by atoms with Crippen molar-refractivity contribution in [2.75, 3.05) is 12.1 Å². The van der Waals surface area contributed by atoms with Gasteiger partial charge in [-0.05, 0) is 37.3 Å². The molecule has 11 heteroatoms. The van der Waals surface area contributed by atoms with Gasteiger partial charge in [-0.25, -0.2) is 30.2 Å². The summed E-state index contributed by atoms with van der Waals surface area (Å²) in [7, 11) is 1.23. The predicted molar refractivity (Wildman–Crippen MR) is 108 cm³/mol. The first-order valence-electron chi connectivity index (χ1n) is 9.14. The van der Waals surface area contributed by atoms with Crippen molar-refractivity contribution in [3.05, 3.63) is 70.7 Å². The van der Waals surface area contributed by atoms with Crippen LogP contribution in [0.5, 0.6) is 0 Å². The molecule has 2 aromatic heterocycles. The van der Waals surface area contributed by atoms with E-state index in [1.165, 1.54) is 25.6 Å². The smallest absolute Gasteiger partial charge is 0.376 e. The van der Waals surface area contributed by atoms with Gasteiger partial charge in [0.05, 0.1) is 18.5 Å². The molecular weight excluding hydrogens is 430 g/mol. The van der Waals surface area contributed by atoms with Gasteiger partial charge in [0.2, 0.25) is 5.82 Å². The van der Waals surface area contributed by atoms with E-state index in [9.17, 15) is 13.6 Å². The molecular formula is C20H17ClF2N6O2. The lowest BCUT2D eigenvalue weighted by Crippen LogP contribution is -2.43. The van der Waals surface area contributed by atoms with Crippen LogP contribution in [0, 0.1) is 0 Å². The molecule has 0 aliphatic carbocycles. The number of carbonyl (C=O) groups is 1. The van der Waals surface area contributed by atoms with Crippen molar-refractivity contribution < 1.29 is 18.3 Å². The maximum Gasteiger partial charge on any atom is 0.376 e. The second-order valence-corrected chi connectivity index (χ2v) is 7.56. The van der Waals surface area contributed by atoms with Gasteiger partial charge in [-0.3, -0.25) is 5.01 Å². The number of hydrogen-bond donors (Lipinski definition) is 1. The van der Waals surface area contributed by atoms with E-state index in [0.717, 1.165) is 6.92 Å². The molecule has 0 saturated heterocycles. The number of hydrazine groups is 1. The number of benzene rings is 1. The second kappa shape index (κ2) is 7.47. The highest BCUT2D eigenvalue weighted by atomic mass is 35.5. The number of carbonyl (C=O) groups excluding carboxylic acids is 1. The number of aromatic nitrogens is 4. The van der Waals surface area contributed by atoms with Crippen LogP contribution in [-0.2, 0) is 16.2 Å². The largest absolute Gasteiger partial charge is 0.463 e. The number of alkyl halides is 2. The number of fused-ring (bicyclic) bond motifs is 1. The van der Waals surface area contributed by atoms with Gasteiger partial charge in [-0.15, -0.1) is 0 Å². The molecule has 1 N–H and O–H groups in total. The quantitative estimate of drug-likeness (QED) is 0.606. The van der Waals surface area contributed by atoms with Crippen molar-refractivity contribution in [2.24, 2.45) is 0 Å². The van der Waals surface area contributed by atoms with Crippen molar-refractivity contribution in [1.82, 2.24) is 25.4 Å². The monoisotopic (exact) mass is 446 g/mol. The van der Waals surface area contributed by atoms with Gasteiger partial charge >= 0.3 is 11.9 Å². The van der Waals surface area contributed by atoms with E-state index in [-0.39, 0.29) is 11.5 Å². The van der Waals surface area contributed by atoms with Crippen LogP contribution in [0.4, 0.5) is 20.3 Å². The van der Waals surface area contributed by atoms with Crippen molar-refractivity contribution in [1.29, 1.82) is 0 Å². The first kappa shape index (κ1) is 21.0. The lowest BCUT2D eigenvalue weighted by Gasteiger charge is -2.27. The Morgan fingerprint density at radius 2 is 1.90 bits per heavy atom. The fourth-order valence-corrected chi connectivity index (χ4v) is 3.37. The number of nitrogens with one attached hydrogen (secondary N) is 1. The van der Waals surface area contributed by atoms with Crippen molar-refractivity contribution in [3.8, 4) is 0 Å². The van der Waals surface area contributed by atoms with Crippen LogP contribution in [0.3, 0.4) is 0 Å². The maximum absolute atomic E-state index is 13.9. The Kier molecular flexibility index (Phi) is 5.06. The van der Waals surface area contributed by atoms with Gasteiger partial charge in [0.25, 0.3) is 0 Å². The zero-order valence-corrected chi connectivity index (χ0v) is 17.5. The Labute approximate surface area is 181 Å². The molecule has 1 aliphatic heterocycles. The second-order valence-electron chi connectivity index (χ2n) is 7.12. The van der Waals surface area contributed by atoms with Crippen LogP contribution in [-0.4, -0.2) is 33.0 Å². The van der Waals surface area contributed by atoms with E-state index >= 15 is 0 Å². The third-order valence-electron chi connectivity index (χ3n) is 4.87. The average Bonchev–Trinajstić information content (AvgIpc) is 3.06. The first-order valence-corrected chi connectivity index (χ1v) is 9.52. The first-order chi connectivity index (χ1) is 14.6. The van der Waals surface area contributed by atoms with E-state index in [1.807, 2.05) is 0 Å². The summed E-state index contributed by atoms with van der Waals surface area (Å²) in [4.78, 5) is 28.2. The summed E-state index contributed by atoms with van der Waals surface area (Å²) >= 11 is 6.00. The molecule has 4 rings (SSSR count). The molecule has 1 aromatic carbocycles.